The molecule has 12 nitrogen and oxygen atoms in total. The van der Waals surface area contributed by atoms with Gasteiger partial charge in [0.15, 0.2) is 0 Å². The minimum atomic E-state index is -1.33. The Kier molecular flexibility index (Phi) is 13.8. The number of carbonyl (C=O) groups is 5. The van der Waals surface area contributed by atoms with E-state index in [2.05, 4.69) is 26.6 Å². The van der Waals surface area contributed by atoms with Crippen molar-refractivity contribution in [3.8, 4) is 5.75 Å². The standard InChI is InChI=1S/C33H45N5O7/c1-21(2)17-29(40)34-16-10-9-14-26-32(43)36-24(18-23-11-5-4-6-12-23)20-45-28-15-8-7-13-25(28)31(42)38-27(19-39)33(44)35-22(3)30(41)37-26/h4-8,11-13,15,21-22,24,26-27,39H,9-10,14,16-20H2,1-3H3,(H,34,40)(H,35,44)(H,36,43)(H,37,41)(H,38,42)/t22-,24-,26-,27-/m0/s1. The van der Waals surface area contributed by atoms with Crippen LogP contribution in [0.4, 0.5) is 0 Å². The van der Waals surface area contributed by atoms with Crippen LogP contribution in [-0.2, 0) is 25.6 Å². The summed E-state index contributed by atoms with van der Waals surface area (Å²) < 4.78 is 6.06. The molecule has 1 heterocycles. The Morgan fingerprint density at radius 2 is 1.58 bits per heavy atom. The summed E-state index contributed by atoms with van der Waals surface area (Å²) in [5, 5.41) is 23.5. The van der Waals surface area contributed by atoms with E-state index in [0.29, 0.717) is 32.2 Å². The monoisotopic (exact) mass is 623 g/mol. The van der Waals surface area contributed by atoms with E-state index in [0.717, 1.165) is 5.56 Å². The lowest BCUT2D eigenvalue weighted by Gasteiger charge is -2.26. The summed E-state index contributed by atoms with van der Waals surface area (Å²) in [7, 11) is 0. The van der Waals surface area contributed by atoms with Gasteiger partial charge >= 0.3 is 0 Å². The van der Waals surface area contributed by atoms with Gasteiger partial charge in [-0.2, -0.15) is 0 Å². The van der Waals surface area contributed by atoms with Crippen molar-refractivity contribution >= 4 is 29.5 Å². The number of amides is 5. The Morgan fingerprint density at radius 1 is 0.889 bits per heavy atom. The predicted molar refractivity (Wildman–Crippen MR) is 168 cm³/mol. The fourth-order valence-corrected chi connectivity index (χ4v) is 4.84. The van der Waals surface area contributed by atoms with Crippen molar-refractivity contribution in [1.82, 2.24) is 26.6 Å². The van der Waals surface area contributed by atoms with Crippen LogP contribution in [0.2, 0.25) is 0 Å². The first-order valence-corrected chi connectivity index (χ1v) is 15.4. The average Bonchev–Trinajstić information content (AvgIpc) is 3.01. The number of benzene rings is 2. The van der Waals surface area contributed by atoms with Crippen LogP contribution in [0.3, 0.4) is 0 Å². The van der Waals surface area contributed by atoms with E-state index in [4.69, 9.17) is 4.74 Å². The van der Waals surface area contributed by atoms with Crippen LogP contribution in [0.1, 0.15) is 62.4 Å². The second kappa shape index (κ2) is 17.7. The Balaban J connectivity index is 1.85. The van der Waals surface area contributed by atoms with Gasteiger partial charge in [0, 0.05) is 13.0 Å². The number of hydrogen-bond donors (Lipinski definition) is 6. The van der Waals surface area contributed by atoms with Crippen LogP contribution in [0.5, 0.6) is 5.75 Å². The zero-order chi connectivity index (χ0) is 32.8. The van der Waals surface area contributed by atoms with Gasteiger partial charge in [0.25, 0.3) is 5.91 Å². The molecule has 0 saturated heterocycles. The Morgan fingerprint density at radius 3 is 2.29 bits per heavy atom. The van der Waals surface area contributed by atoms with Crippen LogP contribution in [0, 0.1) is 5.92 Å². The number of unbranched alkanes of at least 4 members (excludes halogenated alkanes) is 1. The molecule has 0 aliphatic carbocycles. The van der Waals surface area contributed by atoms with Crippen molar-refractivity contribution in [2.24, 2.45) is 5.92 Å². The van der Waals surface area contributed by atoms with E-state index in [1.165, 1.54) is 13.0 Å². The zero-order valence-corrected chi connectivity index (χ0v) is 26.1. The lowest BCUT2D eigenvalue weighted by Crippen LogP contribution is -2.57. The van der Waals surface area contributed by atoms with Crippen LogP contribution < -0.4 is 31.3 Å². The summed E-state index contributed by atoms with van der Waals surface area (Å²) in [6, 6.07) is 12.2. The summed E-state index contributed by atoms with van der Waals surface area (Å²) in [6.45, 7) is 5.14. The van der Waals surface area contributed by atoms with Crippen LogP contribution in [0.15, 0.2) is 54.6 Å². The van der Waals surface area contributed by atoms with Gasteiger partial charge in [-0.3, -0.25) is 24.0 Å². The Bertz CT molecular complexity index is 1300. The molecule has 0 saturated carbocycles. The third-order valence-corrected chi connectivity index (χ3v) is 7.27. The lowest BCUT2D eigenvalue weighted by molar-refractivity contribution is -0.132. The zero-order valence-electron chi connectivity index (χ0n) is 26.1. The highest BCUT2D eigenvalue weighted by molar-refractivity contribution is 6.00. The number of fused-ring (bicyclic) bond motifs is 1. The van der Waals surface area contributed by atoms with Gasteiger partial charge in [0.05, 0.1) is 18.2 Å². The van der Waals surface area contributed by atoms with Gasteiger partial charge in [-0.25, -0.2) is 0 Å². The molecule has 0 fully saturated rings. The van der Waals surface area contributed by atoms with Gasteiger partial charge in [-0.05, 0) is 56.2 Å². The number of ether oxygens (including phenoxy) is 1. The summed E-state index contributed by atoms with van der Waals surface area (Å²) >= 11 is 0. The largest absolute Gasteiger partial charge is 0.491 e. The van der Waals surface area contributed by atoms with Crippen molar-refractivity contribution in [2.45, 2.75) is 77.0 Å². The molecule has 0 spiro atoms. The smallest absolute Gasteiger partial charge is 0.255 e. The first-order valence-electron chi connectivity index (χ1n) is 15.4. The number of para-hydroxylation sites is 1. The van der Waals surface area contributed by atoms with E-state index in [1.807, 2.05) is 44.2 Å². The molecule has 5 amide bonds. The average molecular weight is 624 g/mol. The minimum Gasteiger partial charge on any atom is -0.491 e. The van der Waals surface area contributed by atoms with Gasteiger partial charge in [0.2, 0.25) is 23.6 Å². The molecule has 2 aromatic carbocycles. The number of hydrogen-bond acceptors (Lipinski definition) is 7. The maximum Gasteiger partial charge on any atom is 0.255 e. The second-order valence-corrected chi connectivity index (χ2v) is 11.6. The van der Waals surface area contributed by atoms with E-state index in [-0.39, 0.29) is 36.2 Å². The van der Waals surface area contributed by atoms with Gasteiger partial charge in [-0.15, -0.1) is 0 Å². The fourth-order valence-electron chi connectivity index (χ4n) is 4.84. The summed E-state index contributed by atoms with van der Waals surface area (Å²) in [5.74, 6) is -1.99. The molecule has 12 heteroatoms. The van der Waals surface area contributed by atoms with Gasteiger partial charge < -0.3 is 36.4 Å². The SMILES string of the molecule is CC(C)CC(=O)NCCCC[C@@H]1NC(=O)[C@H](C)NC(=O)[C@H](CO)NC(=O)c2ccccc2OC[C@H](Cc2ccccc2)NC1=O. The number of carbonyl (C=O) groups excluding carboxylic acids is 5. The van der Waals surface area contributed by atoms with E-state index in [9.17, 15) is 29.1 Å². The molecular weight excluding hydrogens is 578 g/mol. The molecule has 2 aromatic rings. The second-order valence-electron chi connectivity index (χ2n) is 11.6. The third-order valence-electron chi connectivity index (χ3n) is 7.27. The molecule has 3 rings (SSSR count). The highest BCUT2D eigenvalue weighted by Gasteiger charge is 2.29. The highest BCUT2D eigenvalue weighted by atomic mass is 16.5. The summed E-state index contributed by atoms with van der Waals surface area (Å²) in [5.41, 5.74) is 1.09. The fraction of sp³-hybridized carbons (Fsp3) is 0.485. The van der Waals surface area contributed by atoms with Crippen molar-refractivity contribution in [3.05, 3.63) is 65.7 Å². The number of nitrogens with one attached hydrogen (secondary N) is 5. The van der Waals surface area contributed by atoms with Crippen LogP contribution in [-0.4, -0.2) is 78.6 Å². The van der Waals surface area contributed by atoms with Gasteiger partial charge in [-0.1, -0.05) is 56.3 Å². The van der Waals surface area contributed by atoms with Crippen molar-refractivity contribution in [3.63, 3.8) is 0 Å². The minimum absolute atomic E-state index is 0.00773. The third kappa shape index (κ3) is 11.5. The molecule has 1 aliphatic rings. The predicted octanol–water partition coefficient (Wildman–Crippen LogP) is 1.22. The number of aliphatic hydroxyl groups excluding tert-OH is 1. The molecule has 45 heavy (non-hydrogen) atoms. The topological polar surface area (TPSA) is 175 Å². The molecule has 0 radical (unpaired) electrons. The summed E-state index contributed by atoms with van der Waals surface area (Å²) in [6.07, 6.45) is 2.27. The molecular formula is C33H45N5O7. The number of aliphatic hydroxyl groups is 1. The van der Waals surface area contributed by atoms with Crippen molar-refractivity contribution in [1.29, 1.82) is 0 Å². The molecule has 4 atom stereocenters. The van der Waals surface area contributed by atoms with Crippen molar-refractivity contribution < 1.29 is 33.8 Å². The highest BCUT2D eigenvalue weighted by Crippen LogP contribution is 2.19. The lowest BCUT2D eigenvalue weighted by atomic mass is 10.0. The normalized spacial score (nSPS) is 21.4. The Labute approximate surface area is 264 Å². The molecule has 1 aliphatic heterocycles. The molecule has 6 N–H and O–H groups in total. The maximum absolute atomic E-state index is 13.7. The van der Waals surface area contributed by atoms with Crippen molar-refractivity contribution in [2.75, 3.05) is 19.8 Å². The maximum atomic E-state index is 13.7. The first-order chi connectivity index (χ1) is 21.6. The molecule has 244 valence electrons. The van der Waals surface area contributed by atoms with E-state index in [1.54, 1.807) is 18.2 Å². The molecule has 0 bridgehead atoms. The van der Waals surface area contributed by atoms with Crippen LogP contribution >= 0.6 is 0 Å². The van der Waals surface area contributed by atoms with Gasteiger partial charge in [0.1, 0.15) is 30.5 Å². The molecule has 0 unspecified atom stereocenters. The summed E-state index contributed by atoms with van der Waals surface area (Å²) in [4.78, 5) is 64.8. The number of rotatable bonds is 10. The Hall–Kier alpha value is -4.45. The first kappa shape index (κ1) is 35.0. The van der Waals surface area contributed by atoms with E-state index >= 15 is 0 Å². The van der Waals surface area contributed by atoms with E-state index < -0.39 is 54.4 Å². The van der Waals surface area contributed by atoms with Crippen LogP contribution in [0.25, 0.3) is 0 Å². The quantitative estimate of drug-likeness (QED) is 0.216. The molecule has 0 aromatic heterocycles.